The molecule has 0 atom stereocenters. The fraction of sp³-hybridized carbons (Fsp3) is 0.824. The number of rotatable bonds is 3. The van der Waals surface area contributed by atoms with E-state index in [1.54, 1.807) is 6.92 Å². The highest BCUT2D eigenvalue weighted by molar-refractivity contribution is 5.86. The number of allylic oxidation sites excluding steroid dienone is 1. The van der Waals surface area contributed by atoms with Gasteiger partial charge in [-0.1, -0.05) is 19.9 Å². The highest BCUT2D eigenvalue weighted by Gasteiger charge is 2.57. The van der Waals surface area contributed by atoms with Crippen LogP contribution in [0.25, 0.3) is 0 Å². The molecule has 0 radical (unpaired) electrons. The number of carbonyl (C=O) groups is 1. The van der Waals surface area contributed by atoms with Gasteiger partial charge in [-0.3, -0.25) is 0 Å². The minimum atomic E-state index is -0.742. The van der Waals surface area contributed by atoms with Crippen LogP contribution in [0.5, 0.6) is 0 Å². The summed E-state index contributed by atoms with van der Waals surface area (Å²) in [6.45, 7) is 6.37. The Labute approximate surface area is 116 Å². The first-order valence-electron chi connectivity index (χ1n) is 7.86. The molecule has 4 fully saturated rings. The predicted octanol–water partition coefficient (Wildman–Crippen LogP) is 4.12. The quantitative estimate of drug-likeness (QED) is 0.777. The minimum Gasteiger partial charge on any atom is -0.478 e. The number of hydrogen-bond acceptors (Lipinski definition) is 1. The lowest BCUT2D eigenvalue weighted by molar-refractivity contribution is -0.133. The zero-order valence-corrected chi connectivity index (χ0v) is 12.4. The topological polar surface area (TPSA) is 37.3 Å². The van der Waals surface area contributed by atoms with Crippen LogP contribution in [0.3, 0.4) is 0 Å². The zero-order chi connectivity index (χ0) is 13.8. The third kappa shape index (κ3) is 1.86. The van der Waals surface area contributed by atoms with Crippen LogP contribution >= 0.6 is 0 Å². The second kappa shape index (κ2) is 4.36. The Hall–Kier alpha value is -0.790. The maximum absolute atomic E-state index is 11.3. The first-order valence-corrected chi connectivity index (χ1v) is 7.86. The first-order chi connectivity index (χ1) is 8.93. The molecule has 4 saturated carbocycles. The first kappa shape index (κ1) is 13.2. The van der Waals surface area contributed by atoms with Crippen LogP contribution in [0.4, 0.5) is 0 Å². The molecule has 4 rings (SSSR count). The van der Waals surface area contributed by atoms with Crippen molar-refractivity contribution in [1.82, 2.24) is 0 Å². The summed E-state index contributed by atoms with van der Waals surface area (Å²) >= 11 is 0. The Morgan fingerprint density at radius 3 is 1.95 bits per heavy atom. The lowest BCUT2D eigenvalue weighted by Crippen LogP contribution is -2.54. The Morgan fingerprint density at radius 2 is 1.58 bits per heavy atom. The summed E-state index contributed by atoms with van der Waals surface area (Å²) in [7, 11) is 0. The zero-order valence-electron chi connectivity index (χ0n) is 12.4. The van der Waals surface area contributed by atoms with Crippen LogP contribution in [-0.4, -0.2) is 11.1 Å². The molecule has 0 unspecified atom stereocenters. The van der Waals surface area contributed by atoms with Crippen molar-refractivity contribution in [1.29, 1.82) is 0 Å². The van der Waals surface area contributed by atoms with Gasteiger partial charge in [0.25, 0.3) is 0 Å². The van der Waals surface area contributed by atoms with Gasteiger partial charge in [0.2, 0.25) is 0 Å². The third-order valence-corrected chi connectivity index (χ3v) is 6.36. The molecule has 0 aliphatic heterocycles. The summed E-state index contributed by atoms with van der Waals surface area (Å²) in [5, 5.41) is 9.26. The van der Waals surface area contributed by atoms with E-state index >= 15 is 0 Å². The third-order valence-electron chi connectivity index (χ3n) is 6.36. The average molecular weight is 262 g/mol. The van der Waals surface area contributed by atoms with Crippen molar-refractivity contribution in [3.8, 4) is 0 Å². The van der Waals surface area contributed by atoms with E-state index < -0.39 is 5.97 Å². The molecule has 0 aromatic carbocycles. The summed E-state index contributed by atoms with van der Waals surface area (Å²) in [6, 6.07) is 0. The summed E-state index contributed by atoms with van der Waals surface area (Å²) in [6.07, 6.45) is 8.97. The summed E-state index contributed by atoms with van der Waals surface area (Å²) < 4.78 is 0. The van der Waals surface area contributed by atoms with Crippen LogP contribution in [0.1, 0.15) is 52.9 Å². The molecule has 1 N–H and O–H groups in total. The fourth-order valence-electron chi connectivity index (χ4n) is 5.78. The average Bonchev–Trinajstić information content (AvgIpc) is 2.32. The normalized spacial score (nSPS) is 44.9. The van der Waals surface area contributed by atoms with E-state index in [1.807, 2.05) is 0 Å². The number of carboxylic acids is 1. The largest absolute Gasteiger partial charge is 0.478 e. The van der Waals surface area contributed by atoms with Crippen LogP contribution in [0.2, 0.25) is 0 Å². The van der Waals surface area contributed by atoms with Crippen LogP contribution in [0.15, 0.2) is 11.6 Å². The molecule has 0 heterocycles. The van der Waals surface area contributed by atoms with E-state index in [0.717, 1.165) is 23.7 Å². The van der Waals surface area contributed by atoms with Gasteiger partial charge in [-0.15, -0.1) is 0 Å². The Morgan fingerprint density at radius 1 is 1.11 bits per heavy atom. The summed E-state index contributed by atoms with van der Waals surface area (Å²) in [4.78, 5) is 11.3. The minimum absolute atomic E-state index is 0.163. The molecule has 0 saturated heterocycles. The molecule has 19 heavy (non-hydrogen) atoms. The highest BCUT2D eigenvalue weighted by atomic mass is 16.4. The van der Waals surface area contributed by atoms with Gasteiger partial charge in [-0.05, 0) is 74.0 Å². The SMILES string of the molecule is CC(=CC1(C(C)C)C2CC3CC(C2)CC1C3)C(=O)O. The number of aliphatic carboxylic acids is 1. The standard InChI is InChI=1S/C17H26O2/c1-10(2)17(9-11(3)16(18)19)14-5-12-4-13(7-14)8-15(17)6-12/h9-10,12-15H,4-8H2,1-3H3,(H,18,19). The molecule has 2 nitrogen and oxygen atoms in total. The van der Waals surface area contributed by atoms with Crippen LogP contribution in [0, 0.1) is 35.0 Å². The van der Waals surface area contributed by atoms with Crippen molar-refractivity contribution in [3.05, 3.63) is 11.6 Å². The van der Waals surface area contributed by atoms with Crippen molar-refractivity contribution in [2.45, 2.75) is 52.9 Å². The lowest BCUT2D eigenvalue weighted by Gasteiger charge is -2.62. The van der Waals surface area contributed by atoms with Gasteiger partial charge in [0, 0.05) is 5.57 Å². The van der Waals surface area contributed by atoms with E-state index in [1.165, 1.54) is 32.1 Å². The predicted molar refractivity (Wildman–Crippen MR) is 75.7 cm³/mol. The summed E-state index contributed by atoms with van der Waals surface area (Å²) in [5.41, 5.74) is 0.719. The van der Waals surface area contributed by atoms with Gasteiger partial charge in [-0.25, -0.2) is 4.79 Å². The molecule has 0 spiro atoms. The van der Waals surface area contributed by atoms with Crippen molar-refractivity contribution >= 4 is 5.97 Å². The Kier molecular flexibility index (Phi) is 3.03. The molecular formula is C17H26O2. The Balaban J connectivity index is 2.02. The van der Waals surface area contributed by atoms with Gasteiger partial charge in [-0.2, -0.15) is 0 Å². The van der Waals surface area contributed by atoms with Crippen molar-refractivity contribution in [3.63, 3.8) is 0 Å². The van der Waals surface area contributed by atoms with Crippen molar-refractivity contribution in [2.75, 3.05) is 0 Å². The van der Waals surface area contributed by atoms with Crippen molar-refractivity contribution < 1.29 is 9.90 Å². The van der Waals surface area contributed by atoms with Crippen LogP contribution < -0.4 is 0 Å². The van der Waals surface area contributed by atoms with Gasteiger partial charge in [0.15, 0.2) is 0 Å². The molecule has 4 aliphatic rings. The molecule has 0 amide bonds. The number of hydrogen-bond donors (Lipinski definition) is 1. The van der Waals surface area contributed by atoms with E-state index in [2.05, 4.69) is 19.9 Å². The highest BCUT2D eigenvalue weighted by Crippen LogP contribution is 2.65. The van der Waals surface area contributed by atoms with Gasteiger partial charge >= 0.3 is 5.97 Å². The van der Waals surface area contributed by atoms with E-state index in [-0.39, 0.29) is 5.41 Å². The van der Waals surface area contributed by atoms with Gasteiger partial charge < -0.3 is 5.11 Å². The maximum Gasteiger partial charge on any atom is 0.330 e. The molecule has 106 valence electrons. The molecule has 0 aromatic heterocycles. The molecular weight excluding hydrogens is 236 g/mol. The smallest absolute Gasteiger partial charge is 0.330 e. The second-order valence-electron chi connectivity index (χ2n) is 7.59. The van der Waals surface area contributed by atoms with Crippen LogP contribution in [-0.2, 0) is 4.79 Å². The maximum atomic E-state index is 11.3. The molecule has 2 heteroatoms. The fourth-order valence-corrected chi connectivity index (χ4v) is 5.78. The second-order valence-corrected chi connectivity index (χ2v) is 7.59. The summed E-state index contributed by atoms with van der Waals surface area (Å²) in [5.74, 6) is 3.16. The lowest BCUT2D eigenvalue weighted by atomic mass is 9.42. The number of carboxylic acid groups (broad SMARTS) is 1. The molecule has 4 bridgehead atoms. The molecule has 4 aliphatic carbocycles. The monoisotopic (exact) mass is 262 g/mol. The Bertz CT molecular complexity index is 391. The van der Waals surface area contributed by atoms with E-state index in [9.17, 15) is 9.90 Å². The van der Waals surface area contributed by atoms with E-state index in [0.29, 0.717) is 11.5 Å². The van der Waals surface area contributed by atoms with Crippen molar-refractivity contribution in [2.24, 2.45) is 35.0 Å². The molecule has 0 aromatic rings. The van der Waals surface area contributed by atoms with Gasteiger partial charge in [0.1, 0.15) is 0 Å². The van der Waals surface area contributed by atoms with Gasteiger partial charge in [0.05, 0.1) is 0 Å². The van der Waals surface area contributed by atoms with E-state index in [4.69, 9.17) is 0 Å².